The van der Waals surface area contributed by atoms with Crippen molar-refractivity contribution in [2.24, 2.45) is 0 Å². The van der Waals surface area contributed by atoms with Gasteiger partial charge in [0, 0.05) is 20.0 Å². The summed E-state index contributed by atoms with van der Waals surface area (Å²) in [6.07, 6.45) is 2.33. The highest BCUT2D eigenvalue weighted by molar-refractivity contribution is 5.95. The molecule has 1 heterocycles. The van der Waals surface area contributed by atoms with Crippen LogP contribution in [0.4, 0.5) is 0 Å². The number of furan rings is 1. The molecule has 0 fully saturated rings. The van der Waals surface area contributed by atoms with E-state index in [2.05, 4.69) is 16.0 Å². The molecule has 0 aliphatic rings. The van der Waals surface area contributed by atoms with Crippen LogP contribution in [0.3, 0.4) is 0 Å². The summed E-state index contributed by atoms with van der Waals surface area (Å²) in [5, 5.41) is 22.6. The van der Waals surface area contributed by atoms with Gasteiger partial charge in [0.25, 0.3) is 0 Å². The lowest BCUT2D eigenvalue weighted by Gasteiger charge is -2.09. The van der Waals surface area contributed by atoms with Gasteiger partial charge in [-0.15, -0.1) is 0 Å². The maximum absolute atomic E-state index is 7.42. The Kier molecular flexibility index (Phi) is 4.21. The first-order valence-electron chi connectivity index (χ1n) is 4.60. The maximum Gasteiger partial charge on any atom is 0.195 e. The SMILES string of the molecule is CNC(=N)NC(=N)NCCc1ccco1. The lowest BCUT2D eigenvalue weighted by atomic mass is 10.3. The second-order valence-corrected chi connectivity index (χ2v) is 2.88. The quantitative estimate of drug-likeness (QED) is 0.360. The van der Waals surface area contributed by atoms with Gasteiger partial charge in [-0.3, -0.25) is 16.1 Å². The van der Waals surface area contributed by atoms with Gasteiger partial charge in [-0.05, 0) is 12.1 Å². The van der Waals surface area contributed by atoms with E-state index in [-0.39, 0.29) is 11.9 Å². The zero-order valence-electron chi connectivity index (χ0n) is 8.55. The minimum atomic E-state index is 0.0884. The third kappa shape index (κ3) is 4.17. The van der Waals surface area contributed by atoms with Crippen molar-refractivity contribution < 1.29 is 4.42 Å². The number of rotatable bonds is 3. The van der Waals surface area contributed by atoms with Crippen LogP contribution in [0.1, 0.15) is 5.76 Å². The zero-order valence-corrected chi connectivity index (χ0v) is 8.55. The molecule has 82 valence electrons. The van der Waals surface area contributed by atoms with Crippen LogP contribution >= 0.6 is 0 Å². The third-order valence-corrected chi connectivity index (χ3v) is 1.75. The van der Waals surface area contributed by atoms with Crippen molar-refractivity contribution in [3.8, 4) is 0 Å². The molecule has 5 N–H and O–H groups in total. The minimum Gasteiger partial charge on any atom is -0.469 e. The molecule has 0 amide bonds. The van der Waals surface area contributed by atoms with Gasteiger partial charge in [-0.25, -0.2) is 0 Å². The molecule has 0 aliphatic carbocycles. The summed E-state index contributed by atoms with van der Waals surface area (Å²) in [5.74, 6) is 1.06. The molecular weight excluding hydrogens is 194 g/mol. The molecular formula is C9H15N5O. The van der Waals surface area contributed by atoms with Crippen molar-refractivity contribution in [3.63, 3.8) is 0 Å². The van der Waals surface area contributed by atoms with Crippen LogP contribution < -0.4 is 16.0 Å². The van der Waals surface area contributed by atoms with E-state index in [1.807, 2.05) is 12.1 Å². The minimum absolute atomic E-state index is 0.0884. The Labute approximate surface area is 88.1 Å². The highest BCUT2D eigenvalue weighted by atomic mass is 16.3. The monoisotopic (exact) mass is 209 g/mol. The van der Waals surface area contributed by atoms with Gasteiger partial charge < -0.3 is 15.1 Å². The Hall–Kier alpha value is -1.98. The van der Waals surface area contributed by atoms with Crippen LogP contribution in [0.2, 0.25) is 0 Å². The largest absolute Gasteiger partial charge is 0.469 e. The molecule has 1 aromatic heterocycles. The summed E-state index contributed by atoms with van der Waals surface area (Å²) in [7, 11) is 1.62. The second kappa shape index (κ2) is 5.69. The van der Waals surface area contributed by atoms with Gasteiger partial charge in [-0.2, -0.15) is 0 Å². The fraction of sp³-hybridized carbons (Fsp3) is 0.333. The van der Waals surface area contributed by atoms with Crippen LogP contribution in [0, 0.1) is 10.8 Å². The predicted octanol–water partition coefficient (Wildman–Crippen LogP) is 0.0902. The van der Waals surface area contributed by atoms with E-state index in [0.29, 0.717) is 13.0 Å². The molecule has 6 nitrogen and oxygen atoms in total. The number of hydrogen-bond donors (Lipinski definition) is 5. The van der Waals surface area contributed by atoms with E-state index in [4.69, 9.17) is 15.2 Å². The van der Waals surface area contributed by atoms with Gasteiger partial charge in [0.15, 0.2) is 11.9 Å². The molecule has 0 spiro atoms. The van der Waals surface area contributed by atoms with Gasteiger partial charge in [-0.1, -0.05) is 0 Å². The van der Waals surface area contributed by atoms with Crippen LogP contribution in [-0.4, -0.2) is 25.5 Å². The van der Waals surface area contributed by atoms with Gasteiger partial charge in [0.05, 0.1) is 6.26 Å². The number of hydrogen-bond acceptors (Lipinski definition) is 3. The maximum atomic E-state index is 7.42. The normalized spacial score (nSPS) is 9.40. The first kappa shape index (κ1) is 11.1. The van der Waals surface area contributed by atoms with Crippen molar-refractivity contribution in [2.45, 2.75) is 6.42 Å². The summed E-state index contributed by atoms with van der Waals surface area (Å²) >= 11 is 0. The topological polar surface area (TPSA) is 96.9 Å². The van der Waals surface area contributed by atoms with E-state index in [9.17, 15) is 0 Å². The molecule has 15 heavy (non-hydrogen) atoms. The Balaban J connectivity index is 2.15. The summed E-state index contributed by atoms with van der Waals surface area (Å²) < 4.78 is 5.13. The van der Waals surface area contributed by atoms with Gasteiger partial charge in [0.2, 0.25) is 0 Å². The average Bonchev–Trinajstić information content (AvgIpc) is 2.70. The predicted molar refractivity (Wildman–Crippen MR) is 58.1 cm³/mol. The van der Waals surface area contributed by atoms with Crippen LogP contribution in [0.15, 0.2) is 22.8 Å². The van der Waals surface area contributed by atoms with E-state index >= 15 is 0 Å². The van der Waals surface area contributed by atoms with E-state index < -0.39 is 0 Å². The van der Waals surface area contributed by atoms with Crippen molar-refractivity contribution in [1.82, 2.24) is 16.0 Å². The van der Waals surface area contributed by atoms with Crippen LogP contribution in [-0.2, 0) is 6.42 Å². The van der Waals surface area contributed by atoms with Crippen molar-refractivity contribution in [1.29, 1.82) is 10.8 Å². The summed E-state index contributed by atoms with van der Waals surface area (Å²) in [6, 6.07) is 3.71. The molecule has 0 atom stereocenters. The standard InChI is InChI=1S/C9H15N5O/c1-12-8(10)14-9(11)13-5-4-7-3-2-6-15-7/h2-3,6H,4-5H2,1H3,(H5,10,11,12,13,14). The van der Waals surface area contributed by atoms with Crippen LogP contribution in [0.25, 0.3) is 0 Å². The van der Waals surface area contributed by atoms with E-state index in [1.54, 1.807) is 13.3 Å². The third-order valence-electron chi connectivity index (χ3n) is 1.75. The Morgan fingerprint density at radius 1 is 1.40 bits per heavy atom. The lowest BCUT2D eigenvalue weighted by Crippen LogP contribution is -2.45. The molecule has 6 heteroatoms. The molecule has 0 bridgehead atoms. The summed E-state index contributed by atoms with van der Waals surface area (Å²) in [5.41, 5.74) is 0. The first-order chi connectivity index (χ1) is 7.22. The zero-order chi connectivity index (χ0) is 11.1. The fourth-order valence-electron chi connectivity index (χ4n) is 0.997. The molecule has 0 unspecified atom stereocenters. The first-order valence-corrected chi connectivity index (χ1v) is 4.60. The Bertz CT molecular complexity index is 319. The number of nitrogens with one attached hydrogen (secondary N) is 5. The average molecular weight is 209 g/mol. The van der Waals surface area contributed by atoms with Crippen LogP contribution in [0.5, 0.6) is 0 Å². The lowest BCUT2D eigenvalue weighted by molar-refractivity contribution is 0.507. The molecule has 0 saturated heterocycles. The van der Waals surface area contributed by atoms with Gasteiger partial charge >= 0.3 is 0 Å². The molecule has 1 aromatic rings. The number of guanidine groups is 2. The fourth-order valence-corrected chi connectivity index (χ4v) is 0.997. The van der Waals surface area contributed by atoms with E-state index in [0.717, 1.165) is 5.76 Å². The molecule has 0 saturated carbocycles. The van der Waals surface area contributed by atoms with Crippen molar-refractivity contribution >= 4 is 11.9 Å². The van der Waals surface area contributed by atoms with Crippen molar-refractivity contribution in [2.75, 3.05) is 13.6 Å². The Morgan fingerprint density at radius 2 is 2.20 bits per heavy atom. The molecule has 0 aromatic carbocycles. The molecule has 0 aliphatic heterocycles. The summed E-state index contributed by atoms with van der Waals surface area (Å²) in [4.78, 5) is 0. The smallest absolute Gasteiger partial charge is 0.195 e. The second-order valence-electron chi connectivity index (χ2n) is 2.88. The van der Waals surface area contributed by atoms with E-state index in [1.165, 1.54) is 0 Å². The molecule has 0 radical (unpaired) electrons. The summed E-state index contributed by atoms with van der Waals surface area (Å²) in [6.45, 7) is 0.594. The highest BCUT2D eigenvalue weighted by Gasteiger charge is 1.99. The van der Waals surface area contributed by atoms with Crippen molar-refractivity contribution in [3.05, 3.63) is 24.2 Å². The highest BCUT2D eigenvalue weighted by Crippen LogP contribution is 1.98. The molecule has 1 rings (SSSR count). The Morgan fingerprint density at radius 3 is 2.80 bits per heavy atom. The van der Waals surface area contributed by atoms with Gasteiger partial charge in [0.1, 0.15) is 5.76 Å².